The number of hydrogen-bond donors (Lipinski definition) is 4. The highest BCUT2D eigenvalue weighted by Gasteiger charge is 2.24. The van der Waals surface area contributed by atoms with Gasteiger partial charge in [-0.3, -0.25) is 9.79 Å². The smallest absolute Gasteiger partial charge is 0.320 e. The second-order valence-corrected chi connectivity index (χ2v) is 8.40. The predicted octanol–water partition coefficient (Wildman–Crippen LogP) is 4.04. The molecule has 0 aliphatic carbocycles. The molecule has 164 valence electrons. The van der Waals surface area contributed by atoms with Gasteiger partial charge in [0, 0.05) is 33.5 Å². The van der Waals surface area contributed by atoms with E-state index < -0.39 is 12.1 Å². The van der Waals surface area contributed by atoms with Gasteiger partial charge in [0.2, 0.25) is 0 Å². The molecule has 3 amide bonds. The Balaban J connectivity index is 1.43. The van der Waals surface area contributed by atoms with Crippen molar-refractivity contribution in [3.63, 3.8) is 0 Å². The summed E-state index contributed by atoms with van der Waals surface area (Å²) in [6.07, 6.45) is 0. The molecule has 2 heterocycles. The van der Waals surface area contributed by atoms with Gasteiger partial charge in [0.25, 0.3) is 5.91 Å². The maximum absolute atomic E-state index is 13.0. The fourth-order valence-electron chi connectivity index (χ4n) is 3.22. The lowest BCUT2D eigenvalue weighted by Crippen LogP contribution is -2.39. The van der Waals surface area contributed by atoms with Gasteiger partial charge in [-0.25, -0.2) is 4.79 Å². The molecule has 10 heteroatoms. The Kier molecular flexibility index (Phi) is 6.58. The number of carbonyl (C=O) groups excluding carboxylic acids is 2. The average molecular weight is 469 g/mol. The largest absolute Gasteiger partial charge is 0.370 e. The Morgan fingerprint density at radius 1 is 1.03 bits per heavy atom. The number of anilines is 3. The summed E-state index contributed by atoms with van der Waals surface area (Å²) < 4.78 is 0. The second-order valence-electron chi connectivity index (χ2n) is 6.98. The summed E-state index contributed by atoms with van der Waals surface area (Å²) in [4.78, 5) is 32.3. The molecule has 4 rings (SSSR count). The first kappa shape index (κ1) is 21.7. The minimum Gasteiger partial charge on any atom is -0.370 e. The van der Waals surface area contributed by atoms with E-state index in [9.17, 15) is 9.59 Å². The van der Waals surface area contributed by atoms with E-state index >= 15 is 0 Å². The van der Waals surface area contributed by atoms with Crippen molar-refractivity contribution in [2.75, 3.05) is 28.6 Å². The summed E-state index contributed by atoms with van der Waals surface area (Å²) in [6.45, 7) is 1.39. The van der Waals surface area contributed by atoms with Crippen LogP contribution in [0.3, 0.4) is 0 Å². The van der Waals surface area contributed by atoms with Crippen molar-refractivity contribution in [2.45, 2.75) is 6.04 Å². The van der Waals surface area contributed by atoms with Crippen LogP contribution in [0.4, 0.5) is 21.9 Å². The molecule has 0 saturated carbocycles. The van der Waals surface area contributed by atoms with Crippen molar-refractivity contribution in [1.29, 1.82) is 0 Å². The summed E-state index contributed by atoms with van der Waals surface area (Å²) in [5.74, 6) is 0.129. The first-order valence-electron chi connectivity index (χ1n) is 9.84. The van der Waals surface area contributed by atoms with Crippen LogP contribution in [0.5, 0.6) is 0 Å². The number of halogens is 1. The van der Waals surface area contributed by atoms with Crippen molar-refractivity contribution < 1.29 is 9.59 Å². The Morgan fingerprint density at radius 2 is 1.72 bits per heavy atom. The van der Waals surface area contributed by atoms with Crippen LogP contribution in [-0.4, -0.2) is 31.0 Å². The molecule has 1 aromatic heterocycles. The topological polar surface area (TPSA) is 112 Å². The van der Waals surface area contributed by atoms with Crippen LogP contribution < -0.4 is 26.6 Å². The zero-order valence-corrected chi connectivity index (χ0v) is 18.5. The molecule has 1 aliphatic rings. The molecule has 2 aromatic carbocycles. The van der Waals surface area contributed by atoms with Gasteiger partial charge in [0.05, 0.1) is 6.54 Å². The molecular formula is C22H21ClN6O2S. The minimum atomic E-state index is -0.858. The van der Waals surface area contributed by atoms with Gasteiger partial charge in [0.15, 0.2) is 5.96 Å². The molecule has 5 N–H and O–H groups in total. The molecule has 0 fully saturated rings. The number of nitrogens with two attached hydrogens (primary N) is 1. The number of benzene rings is 2. The highest BCUT2D eigenvalue weighted by atomic mass is 35.5. The fourth-order valence-corrected chi connectivity index (χ4v) is 4.12. The fraction of sp³-hybridized carbons (Fsp3) is 0.136. The number of rotatable bonds is 6. The molecule has 0 unspecified atom stereocenters. The third-order valence-electron chi connectivity index (χ3n) is 4.79. The molecule has 0 saturated heterocycles. The maximum atomic E-state index is 13.0. The number of carbonyl (C=O) groups is 2. The first-order valence-corrected chi connectivity index (χ1v) is 11.1. The molecule has 1 aliphatic heterocycles. The van der Waals surface area contributed by atoms with Crippen molar-refractivity contribution in [3.05, 3.63) is 75.9 Å². The number of urea groups is 1. The van der Waals surface area contributed by atoms with E-state index in [-0.39, 0.29) is 5.91 Å². The SMILES string of the molecule is NC1=NCCN1c1ccc(NC(=O)[C@H](NC(=O)Nc2ccc(Cl)cc2)c2cccs2)cc1. The van der Waals surface area contributed by atoms with E-state index in [0.29, 0.717) is 33.8 Å². The summed E-state index contributed by atoms with van der Waals surface area (Å²) in [6, 6.07) is 16.3. The maximum Gasteiger partial charge on any atom is 0.320 e. The third-order valence-corrected chi connectivity index (χ3v) is 5.98. The van der Waals surface area contributed by atoms with Crippen molar-refractivity contribution in [3.8, 4) is 0 Å². The standard InChI is InChI=1S/C22H21ClN6O2S/c23-14-3-5-16(6-4-14)27-22(31)28-19(18-2-1-13-32-18)20(30)26-15-7-9-17(10-8-15)29-12-11-25-21(29)24/h1-10,13,19H,11-12H2,(H2,24,25)(H,26,30)(H2,27,28,31)/t19-/m1/s1. The molecule has 32 heavy (non-hydrogen) atoms. The number of nitrogens with one attached hydrogen (secondary N) is 3. The van der Waals surface area contributed by atoms with Crippen LogP contribution in [0.25, 0.3) is 0 Å². The molecule has 0 spiro atoms. The van der Waals surface area contributed by atoms with Gasteiger partial charge in [0.1, 0.15) is 6.04 Å². The number of amides is 3. The van der Waals surface area contributed by atoms with Crippen LogP contribution in [-0.2, 0) is 4.79 Å². The molecule has 0 radical (unpaired) electrons. The Hall–Kier alpha value is -3.56. The third kappa shape index (κ3) is 5.19. The van der Waals surface area contributed by atoms with Gasteiger partial charge in [-0.1, -0.05) is 17.7 Å². The minimum absolute atomic E-state index is 0.353. The van der Waals surface area contributed by atoms with Gasteiger partial charge >= 0.3 is 6.03 Å². The Bertz CT molecular complexity index is 1120. The number of hydrogen-bond acceptors (Lipinski definition) is 6. The van der Waals surface area contributed by atoms with E-state index in [1.807, 2.05) is 28.5 Å². The molecule has 3 aromatic rings. The predicted molar refractivity (Wildman–Crippen MR) is 130 cm³/mol. The zero-order chi connectivity index (χ0) is 22.5. The van der Waals surface area contributed by atoms with E-state index in [4.69, 9.17) is 17.3 Å². The monoisotopic (exact) mass is 468 g/mol. The van der Waals surface area contributed by atoms with Gasteiger partial charge in [-0.2, -0.15) is 0 Å². The van der Waals surface area contributed by atoms with Crippen LogP contribution in [0.1, 0.15) is 10.9 Å². The molecule has 1 atom stereocenters. The van der Waals surface area contributed by atoms with E-state index in [2.05, 4.69) is 20.9 Å². The molecule has 8 nitrogen and oxygen atoms in total. The normalized spacial score (nSPS) is 13.9. The van der Waals surface area contributed by atoms with Crippen molar-refractivity contribution in [1.82, 2.24) is 5.32 Å². The zero-order valence-electron chi connectivity index (χ0n) is 16.9. The van der Waals surface area contributed by atoms with Crippen molar-refractivity contribution >= 4 is 57.9 Å². The number of nitrogens with zero attached hydrogens (tertiary/aromatic N) is 2. The van der Waals surface area contributed by atoms with E-state index in [1.54, 1.807) is 42.5 Å². The second kappa shape index (κ2) is 9.71. The van der Waals surface area contributed by atoms with Crippen LogP contribution >= 0.6 is 22.9 Å². The molecule has 0 bridgehead atoms. The van der Waals surface area contributed by atoms with Crippen LogP contribution in [0.15, 0.2) is 71.0 Å². The summed E-state index contributed by atoms with van der Waals surface area (Å²) in [7, 11) is 0. The highest BCUT2D eigenvalue weighted by Crippen LogP contribution is 2.23. The lowest BCUT2D eigenvalue weighted by molar-refractivity contribution is -0.118. The summed E-state index contributed by atoms with van der Waals surface area (Å²) in [5, 5.41) is 10.7. The van der Waals surface area contributed by atoms with E-state index in [1.165, 1.54) is 11.3 Å². The number of guanidine groups is 1. The lowest BCUT2D eigenvalue weighted by Gasteiger charge is -2.19. The van der Waals surface area contributed by atoms with Gasteiger partial charge in [-0.15, -0.1) is 11.3 Å². The number of thiophene rings is 1. The van der Waals surface area contributed by atoms with Gasteiger partial charge in [-0.05, 0) is 60.0 Å². The number of aliphatic imine (C=N–C) groups is 1. The van der Waals surface area contributed by atoms with Crippen LogP contribution in [0, 0.1) is 0 Å². The van der Waals surface area contributed by atoms with Crippen molar-refractivity contribution in [2.24, 2.45) is 10.7 Å². The summed E-state index contributed by atoms with van der Waals surface area (Å²) >= 11 is 7.26. The van der Waals surface area contributed by atoms with Gasteiger partial charge < -0.3 is 26.6 Å². The average Bonchev–Trinajstić information content (AvgIpc) is 3.46. The highest BCUT2D eigenvalue weighted by molar-refractivity contribution is 7.10. The van der Waals surface area contributed by atoms with Crippen LogP contribution in [0.2, 0.25) is 5.02 Å². The molecular weight excluding hydrogens is 448 g/mol. The Morgan fingerprint density at radius 3 is 2.34 bits per heavy atom. The lowest BCUT2D eigenvalue weighted by atomic mass is 10.2. The Labute approximate surface area is 194 Å². The first-order chi connectivity index (χ1) is 15.5. The van der Waals surface area contributed by atoms with E-state index in [0.717, 1.165) is 12.2 Å². The quantitative estimate of drug-likeness (QED) is 0.437. The summed E-state index contributed by atoms with van der Waals surface area (Å²) in [5.41, 5.74) is 7.96.